The number of anilines is 1. The molecule has 0 radical (unpaired) electrons. The van der Waals surface area contributed by atoms with Crippen molar-refractivity contribution >= 4 is 41.0 Å². The van der Waals surface area contributed by atoms with Crippen LogP contribution in [0.25, 0.3) is 0 Å². The normalized spacial score (nSPS) is 21.5. The lowest BCUT2D eigenvalue weighted by Gasteiger charge is -2.31. The Kier molecular flexibility index (Phi) is 5.89. The lowest BCUT2D eigenvalue weighted by molar-refractivity contribution is -0.130. The molecule has 0 aromatic heterocycles. The zero-order chi connectivity index (χ0) is 16.9. The van der Waals surface area contributed by atoms with E-state index < -0.39 is 0 Å². The summed E-state index contributed by atoms with van der Waals surface area (Å²) in [7, 11) is 0. The molecule has 2 fully saturated rings. The van der Waals surface area contributed by atoms with Crippen LogP contribution in [0.5, 0.6) is 0 Å². The molecular formula is C18H22N2O2S2. The van der Waals surface area contributed by atoms with Crippen molar-refractivity contribution in [3.05, 3.63) is 42.5 Å². The van der Waals surface area contributed by atoms with Gasteiger partial charge in [0.1, 0.15) is 0 Å². The fraction of sp³-hybridized carbons (Fsp3) is 0.444. The van der Waals surface area contributed by atoms with Gasteiger partial charge in [-0.05, 0) is 36.6 Å². The zero-order valence-corrected chi connectivity index (χ0v) is 15.2. The van der Waals surface area contributed by atoms with Gasteiger partial charge in [0.25, 0.3) is 0 Å². The van der Waals surface area contributed by atoms with E-state index in [2.05, 4.69) is 24.0 Å². The molecule has 2 heterocycles. The smallest absolute Gasteiger partial charge is 0.245 e. The summed E-state index contributed by atoms with van der Waals surface area (Å²) >= 11 is 3.91. The molecule has 128 valence electrons. The van der Waals surface area contributed by atoms with Crippen molar-refractivity contribution in [2.75, 3.05) is 29.9 Å². The van der Waals surface area contributed by atoms with Crippen molar-refractivity contribution in [2.24, 2.45) is 5.92 Å². The first-order chi connectivity index (χ1) is 11.7. The number of hydrogen-bond acceptors (Lipinski definition) is 4. The van der Waals surface area contributed by atoms with Crippen LogP contribution in [0, 0.1) is 5.92 Å². The monoisotopic (exact) mass is 362 g/mol. The summed E-state index contributed by atoms with van der Waals surface area (Å²) in [6, 6.07) is 8.13. The second kappa shape index (κ2) is 8.12. The van der Waals surface area contributed by atoms with Gasteiger partial charge in [-0.3, -0.25) is 9.59 Å². The molecule has 24 heavy (non-hydrogen) atoms. The van der Waals surface area contributed by atoms with Crippen LogP contribution in [0.4, 0.5) is 5.69 Å². The van der Waals surface area contributed by atoms with Gasteiger partial charge in [0, 0.05) is 30.3 Å². The Bertz CT molecular complexity index is 629. The van der Waals surface area contributed by atoms with Crippen LogP contribution in [0.15, 0.2) is 36.9 Å². The maximum absolute atomic E-state index is 12.6. The molecule has 2 saturated heterocycles. The van der Waals surface area contributed by atoms with E-state index in [1.54, 1.807) is 4.90 Å². The minimum atomic E-state index is -0.151. The van der Waals surface area contributed by atoms with Gasteiger partial charge in [-0.25, -0.2) is 0 Å². The average molecular weight is 363 g/mol. The van der Waals surface area contributed by atoms with Crippen molar-refractivity contribution in [3.63, 3.8) is 0 Å². The molecule has 2 amide bonds. The van der Waals surface area contributed by atoms with Gasteiger partial charge in [0.2, 0.25) is 11.8 Å². The number of rotatable bonds is 4. The number of carbonyl (C=O) groups is 2. The highest BCUT2D eigenvalue weighted by atomic mass is 32.2. The maximum Gasteiger partial charge on any atom is 0.245 e. The van der Waals surface area contributed by atoms with Crippen LogP contribution in [0.3, 0.4) is 0 Å². The molecule has 1 N–H and O–H groups in total. The fourth-order valence-electron chi connectivity index (χ4n) is 3.08. The largest absolute Gasteiger partial charge is 0.338 e. The topological polar surface area (TPSA) is 49.4 Å². The second-order valence-electron chi connectivity index (χ2n) is 6.02. The Morgan fingerprint density at radius 3 is 2.83 bits per heavy atom. The molecule has 6 heteroatoms. The molecule has 3 rings (SSSR count). The van der Waals surface area contributed by atoms with Crippen molar-refractivity contribution in [2.45, 2.75) is 17.4 Å². The number of benzene rings is 1. The molecule has 0 spiro atoms. The van der Waals surface area contributed by atoms with Gasteiger partial charge >= 0.3 is 0 Å². The minimum absolute atomic E-state index is 0.000408. The summed E-state index contributed by atoms with van der Waals surface area (Å²) in [4.78, 5) is 26.0. The number of piperidine rings is 1. The minimum Gasteiger partial charge on any atom is -0.338 e. The quantitative estimate of drug-likeness (QED) is 0.833. The first kappa shape index (κ1) is 17.4. The van der Waals surface area contributed by atoms with E-state index in [1.807, 2.05) is 35.7 Å². The van der Waals surface area contributed by atoms with Crippen LogP contribution in [-0.4, -0.2) is 41.3 Å². The Labute approximate surface area is 151 Å². The van der Waals surface area contributed by atoms with Gasteiger partial charge in [0.15, 0.2) is 0 Å². The number of hydrogen-bond donors (Lipinski definition) is 1. The van der Waals surface area contributed by atoms with E-state index in [4.69, 9.17) is 0 Å². The second-order valence-corrected chi connectivity index (χ2v) is 8.74. The van der Waals surface area contributed by atoms with Crippen LogP contribution in [-0.2, 0) is 9.59 Å². The summed E-state index contributed by atoms with van der Waals surface area (Å²) in [6.07, 6.45) is 2.99. The van der Waals surface area contributed by atoms with E-state index in [-0.39, 0.29) is 17.7 Å². The molecular weight excluding hydrogens is 340 g/mol. The van der Waals surface area contributed by atoms with Crippen LogP contribution in [0.2, 0.25) is 0 Å². The molecule has 1 aromatic rings. The third kappa shape index (κ3) is 4.16. The molecule has 0 aliphatic carbocycles. The van der Waals surface area contributed by atoms with E-state index in [0.29, 0.717) is 17.7 Å². The van der Waals surface area contributed by atoms with E-state index in [1.165, 1.54) is 23.1 Å². The van der Waals surface area contributed by atoms with Gasteiger partial charge in [-0.15, -0.1) is 23.5 Å². The molecule has 1 atom stereocenters. The Hall–Kier alpha value is -1.40. The Morgan fingerprint density at radius 2 is 2.08 bits per heavy atom. The Morgan fingerprint density at radius 1 is 1.29 bits per heavy atom. The third-order valence-corrected chi connectivity index (χ3v) is 7.43. The highest BCUT2D eigenvalue weighted by molar-refractivity contribution is 8.19. The van der Waals surface area contributed by atoms with E-state index in [0.717, 1.165) is 18.5 Å². The number of nitrogens with zero attached hydrogens (tertiary/aromatic N) is 1. The van der Waals surface area contributed by atoms with E-state index in [9.17, 15) is 9.59 Å². The van der Waals surface area contributed by atoms with Crippen LogP contribution in [0.1, 0.15) is 23.0 Å². The third-order valence-electron chi connectivity index (χ3n) is 4.33. The highest BCUT2D eigenvalue weighted by Crippen LogP contribution is 2.45. The lowest BCUT2D eigenvalue weighted by atomic mass is 9.97. The average Bonchev–Trinajstić information content (AvgIpc) is 3.16. The standard InChI is InChI=1S/C18H22N2O2S2/c1-2-16(21)20-8-4-6-14(12-20)17(22)19-15-7-3-5-13(11-15)18-23-9-10-24-18/h2-3,5,7,11,14,18H,1,4,6,8-10,12H2,(H,19,22). The predicted octanol–water partition coefficient (Wildman–Crippen LogP) is 3.53. The summed E-state index contributed by atoms with van der Waals surface area (Å²) in [5.74, 6) is 2.12. The number of carbonyl (C=O) groups excluding carboxylic acids is 2. The lowest BCUT2D eigenvalue weighted by Crippen LogP contribution is -2.43. The van der Waals surface area contributed by atoms with E-state index >= 15 is 0 Å². The maximum atomic E-state index is 12.6. The number of nitrogens with one attached hydrogen (secondary N) is 1. The first-order valence-corrected chi connectivity index (χ1v) is 10.3. The van der Waals surface area contributed by atoms with Crippen molar-refractivity contribution in [1.29, 1.82) is 0 Å². The molecule has 0 bridgehead atoms. The predicted molar refractivity (Wildman–Crippen MR) is 102 cm³/mol. The summed E-state index contributed by atoms with van der Waals surface area (Å²) in [5.41, 5.74) is 2.10. The molecule has 1 aromatic carbocycles. The fourth-order valence-corrected chi connectivity index (χ4v) is 5.92. The summed E-state index contributed by atoms with van der Waals surface area (Å²) < 4.78 is 0.470. The Balaban J connectivity index is 1.63. The molecule has 1 unspecified atom stereocenters. The SMILES string of the molecule is C=CC(=O)N1CCCC(C(=O)Nc2cccc(C3SCCS3)c2)C1. The molecule has 4 nitrogen and oxygen atoms in total. The number of thioether (sulfide) groups is 2. The molecule has 0 saturated carbocycles. The van der Waals surface area contributed by atoms with Crippen molar-refractivity contribution in [1.82, 2.24) is 4.90 Å². The summed E-state index contributed by atoms with van der Waals surface area (Å²) in [5, 5.41) is 3.03. The first-order valence-electron chi connectivity index (χ1n) is 8.23. The molecule has 2 aliphatic heterocycles. The van der Waals surface area contributed by atoms with Crippen LogP contribution < -0.4 is 5.32 Å². The van der Waals surface area contributed by atoms with Gasteiger partial charge in [-0.1, -0.05) is 18.7 Å². The van der Waals surface area contributed by atoms with Crippen molar-refractivity contribution in [3.8, 4) is 0 Å². The number of likely N-dealkylation sites (tertiary alicyclic amines) is 1. The van der Waals surface area contributed by atoms with Gasteiger partial charge < -0.3 is 10.2 Å². The zero-order valence-electron chi connectivity index (χ0n) is 13.6. The van der Waals surface area contributed by atoms with Gasteiger partial charge in [-0.2, -0.15) is 0 Å². The number of amides is 2. The van der Waals surface area contributed by atoms with Gasteiger partial charge in [0.05, 0.1) is 10.5 Å². The summed E-state index contributed by atoms with van der Waals surface area (Å²) in [6.45, 7) is 4.71. The highest BCUT2D eigenvalue weighted by Gasteiger charge is 2.27. The molecule has 2 aliphatic rings. The van der Waals surface area contributed by atoms with Crippen LogP contribution >= 0.6 is 23.5 Å². The van der Waals surface area contributed by atoms with Crippen molar-refractivity contribution < 1.29 is 9.59 Å².